The van der Waals surface area contributed by atoms with Crippen molar-refractivity contribution in [2.45, 2.75) is 38.6 Å². The maximum absolute atomic E-state index is 14.4. The normalized spacial score (nSPS) is 17.8. The van der Waals surface area contributed by atoms with Gasteiger partial charge in [0.25, 0.3) is 0 Å². The molecule has 2 aromatic carbocycles. The molecule has 1 aliphatic heterocycles. The number of hydrogen-bond acceptors (Lipinski definition) is 5. The standard InChI is InChI=1S/C27H26ClF2N3O5S/c1-15(34)20-12-32(22-8-16(6-7-19(20)22)24(35)14-39(2)38)13-25(36)33-11-18(29)9-23(33)27(37)31-10-17-4-3-5-21(28)26(17)30/h3-8,12,18,23H,9-11,13-14H2,1-2H3,(H,31,37)/t18-,23+,39?/m1/s1. The second-order valence-electron chi connectivity index (χ2n) is 9.43. The molecule has 2 amide bonds. The van der Waals surface area contributed by atoms with Crippen LogP contribution in [0, 0.1) is 5.82 Å². The molecular weight excluding hydrogens is 552 g/mol. The number of ketones is 2. The van der Waals surface area contributed by atoms with Crippen molar-refractivity contribution >= 4 is 56.7 Å². The third-order valence-corrected chi connectivity index (χ3v) is 7.54. The lowest BCUT2D eigenvalue weighted by atomic mass is 10.1. The Bertz CT molecular complexity index is 1510. The van der Waals surface area contributed by atoms with Gasteiger partial charge in [0.1, 0.15) is 24.6 Å². The van der Waals surface area contributed by atoms with Crippen molar-refractivity contribution in [3.8, 4) is 0 Å². The molecule has 0 saturated carbocycles. The molecule has 0 bridgehead atoms. The monoisotopic (exact) mass is 577 g/mol. The van der Waals surface area contributed by atoms with Crippen molar-refractivity contribution in [2.24, 2.45) is 0 Å². The first-order valence-electron chi connectivity index (χ1n) is 12.1. The summed E-state index contributed by atoms with van der Waals surface area (Å²) in [6, 6.07) is 7.91. The largest absolute Gasteiger partial charge is 0.350 e. The van der Waals surface area contributed by atoms with Gasteiger partial charge in [-0.25, -0.2) is 8.78 Å². The van der Waals surface area contributed by atoms with Crippen LogP contribution in [0.15, 0.2) is 42.6 Å². The van der Waals surface area contributed by atoms with Crippen molar-refractivity contribution in [1.29, 1.82) is 0 Å². The zero-order valence-corrected chi connectivity index (χ0v) is 22.8. The number of nitrogens with zero attached hydrogens (tertiary/aromatic N) is 2. The van der Waals surface area contributed by atoms with Crippen molar-refractivity contribution in [3.63, 3.8) is 0 Å². The first-order valence-corrected chi connectivity index (χ1v) is 14.2. The number of hydrogen-bond donors (Lipinski definition) is 1. The summed E-state index contributed by atoms with van der Waals surface area (Å²) in [6.45, 7) is 0.565. The Morgan fingerprint density at radius 3 is 2.62 bits per heavy atom. The molecule has 0 aliphatic carbocycles. The van der Waals surface area contributed by atoms with E-state index >= 15 is 0 Å². The van der Waals surface area contributed by atoms with Crippen LogP contribution < -0.4 is 5.32 Å². The summed E-state index contributed by atoms with van der Waals surface area (Å²) in [5.74, 6) is -2.66. The fourth-order valence-electron chi connectivity index (χ4n) is 4.68. The second kappa shape index (κ2) is 11.7. The number of aromatic nitrogens is 1. The van der Waals surface area contributed by atoms with Crippen molar-refractivity contribution in [2.75, 3.05) is 18.6 Å². The molecule has 39 heavy (non-hydrogen) atoms. The third kappa shape index (κ3) is 6.25. The predicted molar refractivity (Wildman–Crippen MR) is 143 cm³/mol. The van der Waals surface area contributed by atoms with E-state index in [9.17, 15) is 32.2 Å². The van der Waals surface area contributed by atoms with Gasteiger partial charge in [-0.2, -0.15) is 0 Å². The number of carbonyl (C=O) groups excluding carboxylic acids is 4. The number of alkyl halides is 1. The highest BCUT2D eigenvalue weighted by molar-refractivity contribution is 7.85. The SMILES string of the molecule is CC(=O)c1cn(CC(=O)N2C[C@H](F)C[C@H]2C(=O)NCc2cccc(Cl)c2F)c2cc(C(=O)CS(C)=O)ccc12. The number of likely N-dealkylation sites (tertiary alicyclic amines) is 1. The summed E-state index contributed by atoms with van der Waals surface area (Å²) in [6.07, 6.45) is 1.25. The Kier molecular flexibility index (Phi) is 8.60. The van der Waals surface area contributed by atoms with Crippen LogP contribution in [-0.2, 0) is 33.5 Å². The Morgan fingerprint density at radius 1 is 1.18 bits per heavy atom. The summed E-state index contributed by atoms with van der Waals surface area (Å²) >= 11 is 5.78. The van der Waals surface area contributed by atoms with Crippen LogP contribution in [0.2, 0.25) is 5.02 Å². The van der Waals surface area contributed by atoms with Gasteiger partial charge in [0.05, 0.1) is 17.3 Å². The summed E-state index contributed by atoms with van der Waals surface area (Å²) < 4.78 is 41.6. The molecule has 0 spiro atoms. The Labute approximate surface area is 230 Å². The molecule has 4 rings (SSSR count). The molecule has 1 aromatic heterocycles. The maximum atomic E-state index is 14.4. The lowest BCUT2D eigenvalue weighted by Crippen LogP contribution is -2.46. The fourth-order valence-corrected chi connectivity index (χ4v) is 5.41. The number of amides is 2. The van der Waals surface area contributed by atoms with Gasteiger partial charge >= 0.3 is 0 Å². The lowest BCUT2D eigenvalue weighted by Gasteiger charge is -2.24. The Hall–Kier alpha value is -3.44. The number of benzene rings is 2. The minimum Gasteiger partial charge on any atom is -0.350 e. The number of carbonyl (C=O) groups is 4. The molecule has 1 fully saturated rings. The summed E-state index contributed by atoms with van der Waals surface area (Å²) in [7, 11) is -1.35. The fraction of sp³-hybridized carbons (Fsp3) is 0.333. The van der Waals surface area contributed by atoms with Gasteiger partial charge in [-0.1, -0.05) is 35.9 Å². The summed E-state index contributed by atoms with van der Waals surface area (Å²) in [5, 5.41) is 2.97. The van der Waals surface area contributed by atoms with Crippen LogP contribution in [0.3, 0.4) is 0 Å². The molecule has 3 atom stereocenters. The molecule has 206 valence electrons. The van der Waals surface area contributed by atoms with Gasteiger partial charge in [-0.05, 0) is 19.1 Å². The van der Waals surface area contributed by atoms with Crippen molar-refractivity contribution in [3.05, 3.63) is 70.1 Å². The molecule has 1 N–H and O–H groups in total. The average molecular weight is 578 g/mol. The molecule has 12 heteroatoms. The third-order valence-electron chi connectivity index (χ3n) is 6.58. The number of nitrogens with one attached hydrogen (secondary N) is 1. The first kappa shape index (κ1) is 28.6. The molecule has 8 nitrogen and oxygen atoms in total. The van der Waals surface area contributed by atoms with E-state index in [4.69, 9.17) is 11.6 Å². The number of Topliss-reactive ketones (excluding diaryl/α,β-unsaturated/α-hetero) is 2. The van der Waals surface area contributed by atoms with E-state index < -0.39 is 40.6 Å². The van der Waals surface area contributed by atoms with E-state index in [-0.39, 0.29) is 59.5 Å². The van der Waals surface area contributed by atoms with Gasteiger partial charge < -0.3 is 14.8 Å². The van der Waals surface area contributed by atoms with E-state index in [2.05, 4.69) is 5.32 Å². The molecule has 1 saturated heterocycles. The molecular formula is C27H26ClF2N3O5S. The highest BCUT2D eigenvalue weighted by Gasteiger charge is 2.39. The Balaban J connectivity index is 1.56. The smallest absolute Gasteiger partial charge is 0.243 e. The van der Waals surface area contributed by atoms with Crippen LogP contribution in [-0.4, -0.2) is 67.8 Å². The van der Waals surface area contributed by atoms with Crippen LogP contribution in [0.5, 0.6) is 0 Å². The molecule has 2 heterocycles. The van der Waals surface area contributed by atoms with Crippen LogP contribution in [0.4, 0.5) is 8.78 Å². The highest BCUT2D eigenvalue weighted by Crippen LogP contribution is 2.26. The molecule has 3 aromatic rings. The minimum absolute atomic E-state index is 0.0973. The van der Waals surface area contributed by atoms with Crippen molar-refractivity contribution in [1.82, 2.24) is 14.8 Å². The Morgan fingerprint density at radius 2 is 1.92 bits per heavy atom. The lowest BCUT2D eigenvalue weighted by molar-refractivity contribution is -0.139. The van der Waals surface area contributed by atoms with Gasteiger partial charge in [-0.15, -0.1) is 0 Å². The van der Waals surface area contributed by atoms with Crippen molar-refractivity contribution < 1.29 is 32.2 Å². The quantitative estimate of drug-likeness (QED) is 0.392. The zero-order valence-electron chi connectivity index (χ0n) is 21.2. The first-order chi connectivity index (χ1) is 18.5. The molecule has 1 aliphatic rings. The van der Waals surface area contributed by atoms with Gasteiger partial charge in [0.15, 0.2) is 11.6 Å². The van der Waals surface area contributed by atoms with E-state index in [0.29, 0.717) is 16.5 Å². The summed E-state index contributed by atoms with van der Waals surface area (Å²) in [5.41, 5.74) is 1.18. The number of rotatable bonds is 9. The van der Waals surface area contributed by atoms with Gasteiger partial charge in [0.2, 0.25) is 11.8 Å². The number of fused-ring (bicyclic) bond motifs is 1. The molecule has 1 unspecified atom stereocenters. The van der Waals surface area contributed by atoms with Gasteiger partial charge in [0, 0.05) is 63.8 Å². The zero-order chi connectivity index (χ0) is 28.4. The van der Waals surface area contributed by atoms with E-state index in [1.165, 1.54) is 54.3 Å². The minimum atomic E-state index is -1.43. The van der Waals surface area contributed by atoms with Crippen LogP contribution in [0.1, 0.15) is 39.6 Å². The van der Waals surface area contributed by atoms with E-state index in [0.717, 1.165) is 4.90 Å². The van der Waals surface area contributed by atoms with E-state index in [1.54, 1.807) is 6.07 Å². The second-order valence-corrected chi connectivity index (χ2v) is 11.3. The highest BCUT2D eigenvalue weighted by atomic mass is 35.5. The summed E-state index contributed by atoms with van der Waals surface area (Å²) in [4.78, 5) is 52.1. The van der Waals surface area contributed by atoms with Crippen LogP contribution >= 0.6 is 11.6 Å². The predicted octanol–water partition coefficient (Wildman–Crippen LogP) is 3.45. The topological polar surface area (TPSA) is 106 Å². The van der Waals surface area contributed by atoms with Gasteiger partial charge in [-0.3, -0.25) is 23.4 Å². The molecule has 0 radical (unpaired) electrons. The maximum Gasteiger partial charge on any atom is 0.243 e. The van der Waals surface area contributed by atoms with E-state index in [1.807, 2.05) is 0 Å². The number of halogens is 3. The average Bonchev–Trinajstić information content (AvgIpc) is 3.45. The van der Waals surface area contributed by atoms with Crippen LogP contribution in [0.25, 0.3) is 10.9 Å².